The molecule has 0 aliphatic carbocycles. The summed E-state index contributed by atoms with van der Waals surface area (Å²) >= 11 is 0. The topological polar surface area (TPSA) is 18.5 Å². The Kier molecular flexibility index (Phi) is 8.08. The average Bonchev–Trinajstić information content (AvgIpc) is 2.86. The number of para-hydroxylation sites is 1. The summed E-state index contributed by atoms with van der Waals surface area (Å²) in [6, 6.07) is 16.1. The van der Waals surface area contributed by atoms with Gasteiger partial charge in [-0.2, -0.15) is 26.3 Å². The molecular weight excluding hydrogens is 499 g/mol. The highest BCUT2D eigenvalue weighted by Gasteiger charge is 2.57. The fourth-order valence-corrected chi connectivity index (χ4v) is 4.77. The van der Waals surface area contributed by atoms with E-state index in [9.17, 15) is 30.7 Å². The number of anilines is 1. The molecule has 1 aliphatic heterocycles. The highest BCUT2D eigenvalue weighted by atomic mass is 19.4. The average molecular weight is 526 g/mol. The third-order valence-electron chi connectivity index (χ3n) is 6.51. The molecule has 10 heteroatoms. The molecule has 1 N–H and O–H groups in total. The predicted octanol–water partition coefficient (Wildman–Crippen LogP) is 6.34. The maximum absolute atomic E-state index is 14.5. The maximum atomic E-state index is 14.5. The van der Waals surface area contributed by atoms with Gasteiger partial charge < -0.3 is 10.2 Å². The van der Waals surface area contributed by atoms with Crippen molar-refractivity contribution >= 4 is 5.69 Å². The van der Waals surface area contributed by atoms with E-state index in [0.29, 0.717) is 12.1 Å². The zero-order valence-electron chi connectivity index (χ0n) is 19.7. The van der Waals surface area contributed by atoms with Gasteiger partial charge in [0.15, 0.2) is 0 Å². The van der Waals surface area contributed by atoms with Gasteiger partial charge in [0, 0.05) is 32.2 Å². The van der Waals surface area contributed by atoms with E-state index in [0.717, 1.165) is 17.7 Å². The van der Waals surface area contributed by atoms with E-state index in [-0.39, 0.29) is 11.4 Å². The Hall–Kier alpha value is -3.11. The van der Waals surface area contributed by atoms with Gasteiger partial charge in [0.2, 0.25) is 0 Å². The van der Waals surface area contributed by atoms with E-state index >= 15 is 0 Å². The first-order chi connectivity index (χ1) is 17.6. The van der Waals surface area contributed by atoms with Gasteiger partial charge in [0.25, 0.3) is 0 Å². The van der Waals surface area contributed by atoms with Crippen molar-refractivity contribution in [3.05, 3.63) is 102 Å². The van der Waals surface area contributed by atoms with Gasteiger partial charge in [-0.15, -0.1) is 0 Å². The van der Waals surface area contributed by atoms with Crippen LogP contribution in [0.4, 0.5) is 36.4 Å². The molecule has 0 aromatic heterocycles. The lowest BCUT2D eigenvalue weighted by Crippen LogP contribution is -2.68. The van der Waals surface area contributed by atoms with Crippen molar-refractivity contribution in [2.45, 2.75) is 37.0 Å². The van der Waals surface area contributed by atoms with E-state index < -0.39 is 55.1 Å². The lowest BCUT2D eigenvalue weighted by molar-refractivity contribution is -0.193. The number of rotatable bonds is 7. The molecule has 3 nitrogen and oxygen atoms in total. The molecule has 1 saturated heterocycles. The molecule has 1 aliphatic rings. The van der Waals surface area contributed by atoms with Gasteiger partial charge in [-0.25, -0.2) is 4.39 Å². The number of benzene rings is 3. The van der Waals surface area contributed by atoms with Crippen molar-refractivity contribution in [1.29, 1.82) is 0 Å². The zero-order valence-corrected chi connectivity index (χ0v) is 19.7. The van der Waals surface area contributed by atoms with Gasteiger partial charge in [0.1, 0.15) is 17.9 Å². The number of piperazine rings is 1. The van der Waals surface area contributed by atoms with Crippen LogP contribution in [0.3, 0.4) is 0 Å². The van der Waals surface area contributed by atoms with Crippen molar-refractivity contribution in [2.75, 3.05) is 24.5 Å². The molecule has 3 aromatic carbocycles. The molecule has 4 rings (SSSR count). The summed E-state index contributed by atoms with van der Waals surface area (Å²) in [7, 11) is 0. The van der Waals surface area contributed by atoms with Crippen molar-refractivity contribution in [2.24, 2.45) is 0 Å². The second-order valence-electron chi connectivity index (χ2n) is 8.97. The fraction of sp³-hybridized carbons (Fsp3) is 0.333. The molecule has 1 fully saturated rings. The molecule has 0 bridgehead atoms. The molecule has 3 atom stereocenters. The smallest absolute Gasteiger partial charge is 0.343 e. The van der Waals surface area contributed by atoms with Crippen LogP contribution in [0.2, 0.25) is 0 Å². The normalized spacial score (nSPS) is 20.1. The summed E-state index contributed by atoms with van der Waals surface area (Å²) < 4.78 is 100. The van der Waals surface area contributed by atoms with E-state index in [1.807, 2.05) is 30.3 Å². The summed E-state index contributed by atoms with van der Waals surface area (Å²) in [5, 5.41) is 3.18. The quantitative estimate of drug-likeness (QED) is 0.363. The van der Waals surface area contributed by atoms with Crippen molar-refractivity contribution in [3.63, 3.8) is 0 Å². The van der Waals surface area contributed by atoms with Crippen LogP contribution in [0.1, 0.15) is 17.2 Å². The van der Waals surface area contributed by atoms with Crippen molar-refractivity contribution in [3.8, 4) is 0 Å². The van der Waals surface area contributed by atoms with Crippen molar-refractivity contribution in [1.82, 2.24) is 10.2 Å². The Labute approximate surface area is 210 Å². The first kappa shape index (κ1) is 26.9. The molecular formula is C27H26F7N3. The minimum Gasteiger partial charge on any atom is -0.343 e. The second-order valence-corrected chi connectivity index (χ2v) is 8.97. The number of hydrogen-bond acceptors (Lipinski definition) is 3. The minimum absolute atomic E-state index is 0.119. The lowest BCUT2D eigenvalue weighted by atomic mass is 9.97. The number of nitrogens with one attached hydrogen (secondary N) is 1. The highest BCUT2D eigenvalue weighted by molar-refractivity contribution is 5.51. The van der Waals surface area contributed by atoms with Crippen LogP contribution in [0, 0.1) is 5.82 Å². The number of hydrogen-bond donors (Lipinski definition) is 1. The van der Waals surface area contributed by atoms with Crippen LogP contribution >= 0.6 is 0 Å². The van der Waals surface area contributed by atoms with Crippen LogP contribution in [-0.2, 0) is 6.54 Å². The molecule has 0 spiro atoms. The van der Waals surface area contributed by atoms with E-state index in [2.05, 4.69) is 5.32 Å². The molecule has 198 valence electrons. The van der Waals surface area contributed by atoms with Gasteiger partial charge in [-0.05, 0) is 23.3 Å². The second kappa shape index (κ2) is 11.1. The largest absolute Gasteiger partial charge is 0.410 e. The molecule has 37 heavy (non-hydrogen) atoms. The Morgan fingerprint density at radius 3 is 1.78 bits per heavy atom. The Morgan fingerprint density at radius 2 is 1.24 bits per heavy atom. The molecule has 0 amide bonds. The molecule has 0 radical (unpaired) electrons. The van der Waals surface area contributed by atoms with Crippen LogP contribution in [0.15, 0.2) is 84.9 Å². The SMILES string of the molecule is Fc1ccccc1N1C(C(F)(F)F)CN(C(CNCc2ccccc2)c2ccccc2)CC1C(F)(F)F. The van der Waals surface area contributed by atoms with Gasteiger partial charge in [-0.1, -0.05) is 72.8 Å². The van der Waals surface area contributed by atoms with Crippen LogP contribution in [-0.4, -0.2) is 49.0 Å². The highest BCUT2D eigenvalue weighted by Crippen LogP contribution is 2.42. The van der Waals surface area contributed by atoms with Crippen LogP contribution in [0.25, 0.3) is 0 Å². The summed E-state index contributed by atoms with van der Waals surface area (Å²) in [6.07, 6.45) is -10.1. The van der Waals surface area contributed by atoms with E-state index in [4.69, 9.17) is 0 Å². The molecule has 3 unspecified atom stereocenters. The van der Waals surface area contributed by atoms with Gasteiger partial charge >= 0.3 is 12.4 Å². The fourth-order valence-electron chi connectivity index (χ4n) is 4.77. The van der Waals surface area contributed by atoms with E-state index in [1.54, 1.807) is 30.3 Å². The third kappa shape index (κ3) is 6.42. The Balaban J connectivity index is 1.69. The lowest BCUT2D eigenvalue weighted by Gasteiger charge is -2.50. The number of nitrogens with zero attached hydrogens (tertiary/aromatic N) is 2. The number of halogens is 7. The first-order valence-corrected chi connectivity index (χ1v) is 11.8. The Bertz CT molecular complexity index is 1110. The summed E-state index contributed by atoms with van der Waals surface area (Å²) in [6.45, 7) is -0.994. The van der Waals surface area contributed by atoms with Crippen LogP contribution in [0.5, 0.6) is 0 Å². The summed E-state index contributed by atoms with van der Waals surface area (Å²) in [4.78, 5) is 1.37. The van der Waals surface area contributed by atoms with Gasteiger partial charge in [-0.3, -0.25) is 4.90 Å². The Morgan fingerprint density at radius 1 is 0.730 bits per heavy atom. The monoisotopic (exact) mass is 525 g/mol. The third-order valence-corrected chi connectivity index (χ3v) is 6.51. The summed E-state index contributed by atoms with van der Waals surface area (Å²) in [5.74, 6) is -1.14. The van der Waals surface area contributed by atoms with Crippen molar-refractivity contribution < 1.29 is 30.7 Å². The first-order valence-electron chi connectivity index (χ1n) is 11.8. The molecule has 1 heterocycles. The zero-order chi connectivity index (χ0) is 26.6. The summed E-state index contributed by atoms with van der Waals surface area (Å²) in [5.41, 5.74) is 0.800. The molecule has 0 saturated carbocycles. The van der Waals surface area contributed by atoms with E-state index in [1.165, 1.54) is 17.0 Å². The predicted molar refractivity (Wildman–Crippen MR) is 127 cm³/mol. The van der Waals surface area contributed by atoms with Gasteiger partial charge in [0.05, 0.1) is 5.69 Å². The maximum Gasteiger partial charge on any atom is 0.410 e. The standard InChI is InChI=1S/C27H26F7N3/c28-21-13-7-8-14-22(21)37-24(26(29,30)31)17-36(18-25(37)27(32,33)34)23(20-11-5-2-6-12-20)16-35-15-19-9-3-1-4-10-19/h1-14,23-25,35H,15-18H2. The minimum atomic E-state index is -5.04. The van der Waals surface area contributed by atoms with Crippen LogP contribution < -0.4 is 10.2 Å². The molecule has 3 aromatic rings. The number of alkyl halides is 6.